The van der Waals surface area contributed by atoms with E-state index < -0.39 is 25.0 Å². The number of nitrogens with zero attached hydrogens (tertiary/aromatic N) is 4. The third kappa shape index (κ3) is 6.28. The zero-order chi connectivity index (χ0) is 26.2. The number of carbonyl (C=O) groups excluding carboxylic acids is 3. The first-order valence-corrected chi connectivity index (χ1v) is 13.1. The highest BCUT2D eigenvalue weighted by molar-refractivity contribution is 5.91. The van der Waals surface area contributed by atoms with Crippen molar-refractivity contribution in [3.63, 3.8) is 0 Å². The Morgan fingerprint density at radius 1 is 0.973 bits per heavy atom. The molecule has 0 unspecified atom stereocenters. The van der Waals surface area contributed by atoms with Crippen LogP contribution in [-0.4, -0.2) is 76.3 Å². The number of benzene rings is 2. The number of amides is 4. The molecular weight excluding hydrogens is 473 g/mol. The molecule has 9 heteroatoms. The molecule has 2 atom stereocenters. The van der Waals surface area contributed by atoms with Gasteiger partial charge in [0.2, 0.25) is 11.8 Å². The van der Waals surface area contributed by atoms with Gasteiger partial charge in [-0.05, 0) is 17.5 Å². The number of urea groups is 1. The smallest absolute Gasteiger partial charge is 0.334 e. The van der Waals surface area contributed by atoms with Gasteiger partial charge in [0.25, 0.3) is 0 Å². The molecule has 8 nitrogen and oxygen atoms in total. The van der Waals surface area contributed by atoms with Crippen LogP contribution < -0.4 is 5.32 Å². The van der Waals surface area contributed by atoms with Crippen molar-refractivity contribution in [1.29, 1.82) is 0 Å². The maximum absolute atomic E-state index is 14.1. The van der Waals surface area contributed by atoms with Crippen molar-refractivity contribution in [3.8, 4) is 0 Å². The highest BCUT2D eigenvalue weighted by Crippen LogP contribution is 2.28. The first kappa shape index (κ1) is 26.6. The number of fused-ring (bicyclic) bond motifs is 1. The van der Waals surface area contributed by atoms with Gasteiger partial charge in [-0.2, -0.15) is 5.01 Å². The van der Waals surface area contributed by atoms with Gasteiger partial charge >= 0.3 is 6.03 Å². The summed E-state index contributed by atoms with van der Waals surface area (Å²) >= 11 is 0. The topological polar surface area (TPSA) is 76.2 Å². The largest absolute Gasteiger partial charge is 0.337 e. The van der Waals surface area contributed by atoms with E-state index in [-0.39, 0.29) is 31.4 Å². The maximum Gasteiger partial charge on any atom is 0.334 e. The van der Waals surface area contributed by atoms with Crippen molar-refractivity contribution in [2.45, 2.75) is 57.8 Å². The minimum atomic E-state index is -0.983. The number of unbranched alkanes of at least 4 members (excludes halogenated alkanes) is 3. The molecule has 2 heterocycles. The highest BCUT2D eigenvalue weighted by Gasteiger charge is 2.51. The van der Waals surface area contributed by atoms with Gasteiger partial charge in [0, 0.05) is 19.5 Å². The number of carbonyl (C=O) groups is 3. The van der Waals surface area contributed by atoms with Gasteiger partial charge in [-0.3, -0.25) is 9.59 Å². The lowest BCUT2D eigenvalue weighted by atomic mass is 9.98. The lowest BCUT2D eigenvalue weighted by Gasteiger charge is -2.54. The third-order valence-corrected chi connectivity index (χ3v) is 7.02. The second-order valence-electron chi connectivity index (χ2n) is 9.61. The summed E-state index contributed by atoms with van der Waals surface area (Å²) in [6.07, 6.45) is 3.54. The number of halogens is 1. The fraction of sp³-hybridized carbons (Fsp3) is 0.464. The number of rotatable bonds is 10. The Morgan fingerprint density at radius 2 is 1.65 bits per heavy atom. The van der Waals surface area contributed by atoms with Crippen LogP contribution in [0.3, 0.4) is 0 Å². The van der Waals surface area contributed by atoms with Crippen molar-refractivity contribution in [3.05, 3.63) is 71.8 Å². The van der Waals surface area contributed by atoms with E-state index in [1.807, 2.05) is 60.7 Å². The predicted molar refractivity (Wildman–Crippen MR) is 138 cm³/mol. The number of piperazine rings is 1. The second-order valence-corrected chi connectivity index (χ2v) is 9.61. The summed E-state index contributed by atoms with van der Waals surface area (Å²) in [4.78, 5) is 43.6. The van der Waals surface area contributed by atoms with E-state index in [2.05, 4.69) is 12.2 Å². The van der Waals surface area contributed by atoms with E-state index in [4.69, 9.17) is 0 Å². The van der Waals surface area contributed by atoms with E-state index in [9.17, 15) is 18.8 Å². The molecule has 1 N–H and O–H groups in total. The zero-order valence-electron chi connectivity index (χ0n) is 21.4. The number of hydrogen-bond donors (Lipinski definition) is 1. The molecule has 0 spiro atoms. The molecule has 2 fully saturated rings. The van der Waals surface area contributed by atoms with Gasteiger partial charge in [0.1, 0.15) is 18.8 Å². The van der Waals surface area contributed by atoms with Crippen molar-refractivity contribution >= 4 is 17.8 Å². The highest BCUT2D eigenvalue weighted by atomic mass is 19.1. The molecular formula is C28H36FN5O3. The van der Waals surface area contributed by atoms with Crippen LogP contribution in [0.5, 0.6) is 0 Å². The lowest BCUT2D eigenvalue weighted by Crippen LogP contribution is -2.76. The van der Waals surface area contributed by atoms with Crippen molar-refractivity contribution in [2.24, 2.45) is 0 Å². The van der Waals surface area contributed by atoms with Gasteiger partial charge in [-0.1, -0.05) is 86.8 Å². The van der Waals surface area contributed by atoms with Gasteiger partial charge < -0.3 is 15.1 Å². The Labute approximate surface area is 218 Å². The minimum Gasteiger partial charge on any atom is -0.337 e. The Hall–Kier alpha value is -3.46. The van der Waals surface area contributed by atoms with E-state index in [1.165, 1.54) is 9.91 Å². The summed E-state index contributed by atoms with van der Waals surface area (Å²) in [5, 5.41) is 5.30. The molecule has 37 heavy (non-hydrogen) atoms. The molecule has 4 rings (SSSR count). The van der Waals surface area contributed by atoms with Crippen LogP contribution in [0.1, 0.15) is 43.7 Å². The molecule has 0 radical (unpaired) electrons. The van der Waals surface area contributed by atoms with Crippen LogP contribution in [0.15, 0.2) is 60.7 Å². The molecule has 2 aromatic carbocycles. The molecule has 0 aliphatic carbocycles. The van der Waals surface area contributed by atoms with Gasteiger partial charge in [-0.15, -0.1) is 0 Å². The fourth-order valence-corrected chi connectivity index (χ4v) is 5.12. The zero-order valence-corrected chi connectivity index (χ0v) is 21.4. The monoisotopic (exact) mass is 509 g/mol. The van der Waals surface area contributed by atoms with E-state index in [1.54, 1.807) is 4.90 Å². The van der Waals surface area contributed by atoms with Crippen LogP contribution in [-0.2, 0) is 22.6 Å². The molecule has 0 saturated carbocycles. The molecule has 0 bridgehead atoms. The Balaban J connectivity index is 1.61. The van der Waals surface area contributed by atoms with E-state index in [0.717, 1.165) is 41.8 Å². The van der Waals surface area contributed by atoms with E-state index in [0.29, 0.717) is 13.0 Å². The van der Waals surface area contributed by atoms with Gasteiger partial charge in [0.15, 0.2) is 6.80 Å². The van der Waals surface area contributed by atoms with Crippen LogP contribution in [0.4, 0.5) is 9.18 Å². The molecule has 4 amide bonds. The Bertz CT molecular complexity index is 1050. The van der Waals surface area contributed by atoms with Crippen LogP contribution in [0.2, 0.25) is 0 Å². The molecule has 0 aromatic heterocycles. The molecule has 2 aromatic rings. The molecule has 2 saturated heterocycles. The normalized spacial score (nSPS) is 20.2. The van der Waals surface area contributed by atoms with Crippen LogP contribution >= 0.6 is 0 Å². The Morgan fingerprint density at radius 3 is 2.30 bits per heavy atom. The second kappa shape index (κ2) is 12.7. The summed E-state index contributed by atoms with van der Waals surface area (Å²) in [6, 6.07) is 17.7. The lowest BCUT2D eigenvalue weighted by molar-refractivity contribution is -0.194. The minimum absolute atomic E-state index is 0.122. The molecule has 198 valence electrons. The first-order valence-electron chi connectivity index (χ1n) is 13.1. The summed E-state index contributed by atoms with van der Waals surface area (Å²) in [5.41, 5.74) is 1.83. The quantitative estimate of drug-likeness (QED) is 0.393. The van der Waals surface area contributed by atoms with Crippen LogP contribution in [0, 0.1) is 0 Å². The van der Waals surface area contributed by atoms with Crippen molar-refractivity contribution in [1.82, 2.24) is 25.1 Å². The standard InChI is InChI=1S/C28H36FN5O3/c1-2-3-4-11-16-31-19-25-33(24(27(31)36)17-22-12-7-5-8-13-22)26(35)20-32(21-29)34(25)28(37)30-18-23-14-9-6-10-15-23/h5-10,12-15,24-25H,2-4,11,16-21H2,1H3,(H,30,37)/t24-,25-/m0/s1. The fourth-order valence-electron chi connectivity index (χ4n) is 5.12. The van der Waals surface area contributed by atoms with Crippen molar-refractivity contribution < 1.29 is 18.8 Å². The maximum atomic E-state index is 14.1. The summed E-state index contributed by atoms with van der Waals surface area (Å²) < 4.78 is 14.1. The first-order chi connectivity index (χ1) is 18.0. The summed E-state index contributed by atoms with van der Waals surface area (Å²) in [7, 11) is 0. The molecule has 2 aliphatic rings. The predicted octanol–water partition coefficient (Wildman–Crippen LogP) is 3.54. The average Bonchev–Trinajstić information content (AvgIpc) is 2.92. The summed E-state index contributed by atoms with van der Waals surface area (Å²) in [6.45, 7) is 1.80. The summed E-state index contributed by atoms with van der Waals surface area (Å²) in [5.74, 6) is -0.474. The van der Waals surface area contributed by atoms with Crippen molar-refractivity contribution in [2.75, 3.05) is 26.4 Å². The van der Waals surface area contributed by atoms with Crippen LogP contribution in [0.25, 0.3) is 0 Å². The van der Waals surface area contributed by atoms with Gasteiger partial charge in [-0.25, -0.2) is 14.2 Å². The van der Waals surface area contributed by atoms with Gasteiger partial charge in [0.05, 0.1) is 6.54 Å². The average molecular weight is 510 g/mol. The number of nitrogens with one attached hydrogen (secondary N) is 1. The van der Waals surface area contributed by atoms with E-state index >= 15 is 0 Å². The third-order valence-electron chi connectivity index (χ3n) is 7.02. The number of alkyl halides is 1. The number of hydrogen-bond acceptors (Lipinski definition) is 4. The number of hydrazine groups is 1. The Kier molecular flexibility index (Phi) is 9.11. The SMILES string of the molecule is CCCCCCN1C[C@H]2N(C(=O)CN(CF)N2C(=O)NCc2ccccc2)[C@@H](Cc2ccccc2)C1=O. The molecule has 2 aliphatic heterocycles.